The highest BCUT2D eigenvalue weighted by atomic mass is 16.5. The third-order valence-corrected chi connectivity index (χ3v) is 7.15. The van der Waals surface area contributed by atoms with Crippen LogP contribution >= 0.6 is 0 Å². The van der Waals surface area contributed by atoms with Crippen LogP contribution in [0.2, 0.25) is 0 Å². The fraction of sp³-hybridized carbons (Fsp3) is 0.609. The van der Waals surface area contributed by atoms with E-state index in [9.17, 15) is 4.79 Å². The third kappa shape index (κ3) is 4.14. The number of aryl methyl sites for hydroxylation is 1. The number of anilines is 1. The molecular weight excluding hydrogens is 378 g/mol. The van der Waals surface area contributed by atoms with Crippen molar-refractivity contribution in [2.75, 3.05) is 25.1 Å². The van der Waals surface area contributed by atoms with Crippen LogP contribution in [0.5, 0.6) is 0 Å². The minimum Gasteiger partial charge on any atom is -0.381 e. The molecule has 2 aromatic heterocycles. The molecule has 1 saturated carbocycles. The van der Waals surface area contributed by atoms with Gasteiger partial charge in [-0.25, -0.2) is 0 Å². The fourth-order valence-corrected chi connectivity index (χ4v) is 5.59. The second kappa shape index (κ2) is 8.47. The number of hydrogen-bond donors (Lipinski definition) is 2. The molecule has 7 heteroatoms. The zero-order valence-corrected chi connectivity index (χ0v) is 17.6. The number of rotatable bonds is 5. The maximum absolute atomic E-state index is 11.6. The van der Waals surface area contributed by atoms with Gasteiger partial charge in [-0.2, -0.15) is 0 Å². The lowest BCUT2D eigenvalue weighted by Gasteiger charge is -2.27. The normalized spacial score (nSPS) is 30.9. The first-order valence-electron chi connectivity index (χ1n) is 11.2. The molecule has 5 atom stereocenters. The molecule has 2 saturated heterocycles. The van der Waals surface area contributed by atoms with Gasteiger partial charge in [-0.1, -0.05) is 0 Å². The van der Waals surface area contributed by atoms with Gasteiger partial charge in [-0.15, -0.1) is 10.2 Å². The lowest BCUT2D eigenvalue weighted by molar-refractivity contribution is 0.0462. The van der Waals surface area contributed by atoms with Gasteiger partial charge in [0.15, 0.2) is 0 Å². The molecule has 1 aliphatic carbocycles. The Morgan fingerprint density at radius 1 is 1.23 bits per heavy atom. The molecule has 3 aliphatic rings. The zero-order valence-electron chi connectivity index (χ0n) is 17.6. The van der Waals surface area contributed by atoms with Gasteiger partial charge in [0.05, 0.1) is 5.69 Å². The van der Waals surface area contributed by atoms with Gasteiger partial charge < -0.3 is 19.9 Å². The zero-order chi connectivity index (χ0) is 20.5. The SMILES string of the molecule is Cn1cc(-c2ccc(N[C@H]3C[C@@H]4CN[C@@H](C[C@@H]5CCCOC5)[C@H]4C3)nn2)ccc1=O. The molecular formula is C23H31N5O2. The quantitative estimate of drug-likeness (QED) is 0.790. The van der Waals surface area contributed by atoms with Crippen molar-refractivity contribution in [2.45, 2.75) is 44.2 Å². The smallest absolute Gasteiger partial charge is 0.250 e. The molecule has 7 nitrogen and oxygen atoms in total. The molecule has 160 valence electrons. The van der Waals surface area contributed by atoms with Gasteiger partial charge in [-0.3, -0.25) is 4.79 Å². The van der Waals surface area contributed by atoms with Crippen molar-refractivity contribution in [3.8, 4) is 11.3 Å². The van der Waals surface area contributed by atoms with E-state index < -0.39 is 0 Å². The monoisotopic (exact) mass is 409 g/mol. The predicted octanol–water partition coefficient (Wildman–Crippen LogP) is 2.44. The molecule has 5 rings (SSSR count). The van der Waals surface area contributed by atoms with E-state index in [-0.39, 0.29) is 5.56 Å². The van der Waals surface area contributed by atoms with Crippen molar-refractivity contribution in [2.24, 2.45) is 24.8 Å². The molecule has 0 amide bonds. The standard InChI is InChI=1S/C23H31N5O2/c1-28-13-16(4-7-23(28)29)20-5-6-22(27-26-20)25-18-10-17-12-24-21(19(17)11-18)9-15-3-2-8-30-14-15/h4-7,13,15,17-19,21,24H,2-3,8-12,14H2,1H3,(H,25,27)/t15-,17+,18-,19-,21-/m0/s1. The Hall–Kier alpha value is -2.25. The highest BCUT2D eigenvalue weighted by Crippen LogP contribution is 2.41. The summed E-state index contributed by atoms with van der Waals surface area (Å²) in [6.45, 7) is 3.02. The third-order valence-electron chi connectivity index (χ3n) is 7.15. The number of fused-ring (bicyclic) bond motifs is 1. The molecule has 2 aromatic rings. The number of hydrogen-bond acceptors (Lipinski definition) is 6. The minimum atomic E-state index is -0.0272. The second-order valence-corrected chi connectivity index (χ2v) is 9.24. The van der Waals surface area contributed by atoms with E-state index in [4.69, 9.17) is 4.74 Å². The van der Waals surface area contributed by atoms with Crippen LogP contribution in [0.3, 0.4) is 0 Å². The summed E-state index contributed by atoms with van der Waals surface area (Å²) in [5, 5.41) is 16.2. The second-order valence-electron chi connectivity index (χ2n) is 9.24. The summed E-state index contributed by atoms with van der Waals surface area (Å²) in [5.74, 6) is 3.06. The Balaban J connectivity index is 1.19. The molecule has 0 radical (unpaired) electrons. The Morgan fingerprint density at radius 2 is 2.17 bits per heavy atom. The summed E-state index contributed by atoms with van der Waals surface area (Å²) < 4.78 is 7.25. The van der Waals surface area contributed by atoms with Gasteiger partial charge in [0, 0.05) is 50.2 Å². The molecule has 0 spiro atoms. The van der Waals surface area contributed by atoms with Crippen LogP contribution in [0, 0.1) is 17.8 Å². The highest BCUT2D eigenvalue weighted by Gasteiger charge is 2.43. The van der Waals surface area contributed by atoms with Crippen molar-refractivity contribution < 1.29 is 4.74 Å². The van der Waals surface area contributed by atoms with E-state index in [2.05, 4.69) is 20.8 Å². The summed E-state index contributed by atoms with van der Waals surface area (Å²) in [6.07, 6.45) is 7.96. The van der Waals surface area contributed by atoms with Gasteiger partial charge >= 0.3 is 0 Å². The molecule has 3 fully saturated rings. The van der Waals surface area contributed by atoms with Crippen LogP contribution in [-0.2, 0) is 11.8 Å². The van der Waals surface area contributed by atoms with Gasteiger partial charge in [-0.05, 0) is 74.6 Å². The first-order valence-corrected chi connectivity index (χ1v) is 11.2. The van der Waals surface area contributed by atoms with E-state index in [1.54, 1.807) is 29.9 Å². The van der Waals surface area contributed by atoms with E-state index in [0.717, 1.165) is 54.6 Å². The lowest BCUT2D eigenvalue weighted by Crippen LogP contribution is -2.33. The van der Waals surface area contributed by atoms with Crippen molar-refractivity contribution in [3.63, 3.8) is 0 Å². The van der Waals surface area contributed by atoms with Gasteiger partial charge in [0.1, 0.15) is 5.82 Å². The molecule has 2 N–H and O–H groups in total. The number of nitrogens with one attached hydrogen (secondary N) is 2. The number of aromatic nitrogens is 3. The number of ether oxygens (including phenoxy) is 1. The van der Waals surface area contributed by atoms with Crippen LogP contribution in [0.4, 0.5) is 5.82 Å². The van der Waals surface area contributed by atoms with Crippen LogP contribution in [0.25, 0.3) is 11.3 Å². The van der Waals surface area contributed by atoms with Gasteiger partial charge in [0.25, 0.3) is 0 Å². The Morgan fingerprint density at radius 3 is 2.93 bits per heavy atom. The Bertz CT molecular complexity index is 922. The molecule has 0 aromatic carbocycles. The van der Waals surface area contributed by atoms with Gasteiger partial charge in [0.2, 0.25) is 5.56 Å². The van der Waals surface area contributed by atoms with Crippen LogP contribution < -0.4 is 16.2 Å². The topological polar surface area (TPSA) is 81.1 Å². The molecule has 4 heterocycles. The van der Waals surface area contributed by atoms with E-state index >= 15 is 0 Å². The highest BCUT2D eigenvalue weighted by molar-refractivity contribution is 5.58. The van der Waals surface area contributed by atoms with Crippen molar-refractivity contribution in [1.82, 2.24) is 20.1 Å². The maximum Gasteiger partial charge on any atom is 0.250 e. The summed E-state index contributed by atoms with van der Waals surface area (Å²) in [4.78, 5) is 11.6. The fourth-order valence-electron chi connectivity index (χ4n) is 5.59. The summed E-state index contributed by atoms with van der Waals surface area (Å²) >= 11 is 0. The lowest BCUT2D eigenvalue weighted by atomic mass is 9.86. The molecule has 0 bridgehead atoms. The van der Waals surface area contributed by atoms with E-state index in [1.807, 2.05) is 12.1 Å². The van der Waals surface area contributed by atoms with Crippen LogP contribution in [-0.4, -0.2) is 46.6 Å². The van der Waals surface area contributed by atoms with Crippen LogP contribution in [0.15, 0.2) is 35.3 Å². The minimum absolute atomic E-state index is 0.0272. The van der Waals surface area contributed by atoms with Crippen LogP contribution in [0.1, 0.15) is 32.1 Å². The summed E-state index contributed by atoms with van der Waals surface area (Å²) in [7, 11) is 1.75. The number of pyridine rings is 1. The summed E-state index contributed by atoms with van der Waals surface area (Å²) in [5.41, 5.74) is 1.64. The predicted molar refractivity (Wildman–Crippen MR) is 116 cm³/mol. The van der Waals surface area contributed by atoms with E-state index in [1.165, 1.54) is 32.1 Å². The average Bonchev–Trinajstić information content (AvgIpc) is 3.33. The molecule has 0 unspecified atom stereocenters. The molecule has 2 aliphatic heterocycles. The first-order chi connectivity index (χ1) is 14.7. The maximum atomic E-state index is 11.6. The molecule has 30 heavy (non-hydrogen) atoms. The van der Waals surface area contributed by atoms with Crippen molar-refractivity contribution in [3.05, 3.63) is 40.8 Å². The van der Waals surface area contributed by atoms with Crippen molar-refractivity contribution in [1.29, 1.82) is 0 Å². The first kappa shape index (κ1) is 19.7. The largest absolute Gasteiger partial charge is 0.381 e. The Kier molecular flexibility index (Phi) is 5.56. The van der Waals surface area contributed by atoms with E-state index in [0.29, 0.717) is 12.1 Å². The average molecular weight is 410 g/mol. The number of nitrogens with zero attached hydrogens (tertiary/aromatic N) is 3. The summed E-state index contributed by atoms with van der Waals surface area (Å²) in [6, 6.07) is 8.41. The Labute approximate surface area is 177 Å². The van der Waals surface area contributed by atoms with Crippen molar-refractivity contribution >= 4 is 5.82 Å².